The first-order valence-corrected chi connectivity index (χ1v) is 3.93. The van der Waals surface area contributed by atoms with Crippen LogP contribution in [0.5, 0.6) is 0 Å². The van der Waals surface area contributed by atoms with E-state index in [-0.39, 0.29) is 5.70 Å². The van der Waals surface area contributed by atoms with Gasteiger partial charge in [-0.2, -0.15) is 0 Å². The molecule has 0 unspecified atom stereocenters. The molecule has 0 spiro atoms. The van der Waals surface area contributed by atoms with Crippen molar-refractivity contribution in [1.82, 2.24) is 0 Å². The standard InChI is InChI=1S/C7H7NO2S/c1-6(8(9)10)5-7-3-2-4-11-7/h2,4-5H,1,3H2/b7-5-. The van der Waals surface area contributed by atoms with Gasteiger partial charge in [0, 0.05) is 6.08 Å². The number of nitrogens with zero attached hydrogens (tertiary/aromatic N) is 1. The molecule has 1 aliphatic rings. The Balaban J connectivity index is 2.59. The van der Waals surface area contributed by atoms with Crippen molar-refractivity contribution in [3.63, 3.8) is 0 Å². The lowest BCUT2D eigenvalue weighted by Gasteiger charge is -1.91. The first kappa shape index (κ1) is 8.07. The molecule has 0 saturated heterocycles. The molecule has 3 nitrogen and oxygen atoms in total. The highest BCUT2D eigenvalue weighted by atomic mass is 32.2. The summed E-state index contributed by atoms with van der Waals surface area (Å²) in [5.41, 5.74) is -0.0452. The SMILES string of the molecule is C=C(/C=C1/CC=CS1)[N+](=O)[O-]. The van der Waals surface area contributed by atoms with Gasteiger partial charge < -0.3 is 0 Å². The molecule has 1 rings (SSSR count). The van der Waals surface area contributed by atoms with Gasteiger partial charge in [0.15, 0.2) is 0 Å². The fourth-order valence-electron chi connectivity index (χ4n) is 0.679. The second kappa shape index (κ2) is 3.39. The Bertz CT molecular complexity index is 245. The topological polar surface area (TPSA) is 43.1 Å². The molecule has 0 saturated carbocycles. The van der Waals surface area contributed by atoms with E-state index in [1.54, 1.807) is 0 Å². The van der Waals surface area contributed by atoms with Crippen molar-refractivity contribution in [2.24, 2.45) is 0 Å². The summed E-state index contributed by atoms with van der Waals surface area (Å²) in [6, 6.07) is 0. The molecule has 1 aliphatic heterocycles. The van der Waals surface area contributed by atoms with Crippen LogP contribution in [0.1, 0.15) is 6.42 Å². The summed E-state index contributed by atoms with van der Waals surface area (Å²) in [5.74, 6) is 0. The van der Waals surface area contributed by atoms with Crippen LogP contribution in [-0.2, 0) is 0 Å². The summed E-state index contributed by atoms with van der Waals surface area (Å²) in [6.07, 6.45) is 4.26. The Morgan fingerprint density at radius 1 is 1.91 bits per heavy atom. The third-order valence-corrected chi connectivity index (χ3v) is 2.11. The molecule has 0 amide bonds. The summed E-state index contributed by atoms with van der Waals surface area (Å²) in [5, 5.41) is 12.0. The largest absolute Gasteiger partial charge is 0.263 e. The summed E-state index contributed by atoms with van der Waals surface area (Å²) < 4.78 is 0. The predicted molar refractivity (Wildman–Crippen MR) is 45.6 cm³/mol. The maximum absolute atomic E-state index is 10.1. The molecule has 11 heavy (non-hydrogen) atoms. The van der Waals surface area contributed by atoms with E-state index in [0.717, 1.165) is 11.3 Å². The maximum Gasteiger partial charge on any atom is 0.263 e. The van der Waals surface area contributed by atoms with Crippen molar-refractivity contribution < 1.29 is 4.92 Å². The highest BCUT2D eigenvalue weighted by Crippen LogP contribution is 2.28. The van der Waals surface area contributed by atoms with E-state index < -0.39 is 4.92 Å². The monoisotopic (exact) mass is 169 g/mol. The fourth-order valence-corrected chi connectivity index (χ4v) is 1.44. The maximum atomic E-state index is 10.1. The van der Waals surface area contributed by atoms with Crippen LogP contribution in [-0.4, -0.2) is 4.92 Å². The van der Waals surface area contributed by atoms with E-state index in [2.05, 4.69) is 6.58 Å². The van der Waals surface area contributed by atoms with Gasteiger partial charge in [0.25, 0.3) is 5.70 Å². The molecule has 0 aromatic rings. The Morgan fingerprint density at radius 3 is 3.09 bits per heavy atom. The van der Waals surface area contributed by atoms with Gasteiger partial charge in [0.2, 0.25) is 0 Å². The number of hydrogen-bond acceptors (Lipinski definition) is 3. The van der Waals surface area contributed by atoms with Crippen molar-refractivity contribution in [1.29, 1.82) is 0 Å². The quantitative estimate of drug-likeness (QED) is 0.470. The molecular formula is C7H7NO2S. The smallest absolute Gasteiger partial charge is 0.258 e. The van der Waals surface area contributed by atoms with Crippen molar-refractivity contribution in [2.45, 2.75) is 6.42 Å². The number of hydrogen-bond donors (Lipinski definition) is 0. The van der Waals surface area contributed by atoms with E-state index in [9.17, 15) is 10.1 Å². The van der Waals surface area contributed by atoms with E-state index >= 15 is 0 Å². The van der Waals surface area contributed by atoms with Crippen molar-refractivity contribution in [3.8, 4) is 0 Å². The van der Waals surface area contributed by atoms with Crippen LogP contribution in [0.4, 0.5) is 0 Å². The predicted octanol–water partition coefficient (Wildman–Crippen LogP) is 2.31. The second-order valence-electron chi connectivity index (χ2n) is 2.05. The average Bonchev–Trinajstić information content (AvgIpc) is 2.39. The van der Waals surface area contributed by atoms with Gasteiger partial charge in [0.1, 0.15) is 0 Å². The molecule has 1 heterocycles. The zero-order valence-electron chi connectivity index (χ0n) is 5.82. The van der Waals surface area contributed by atoms with E-state index in [1.165, 1.54) is 17.8 Å². The Hall–Kier alpha value is -1.03. The van der Waals surface area contributed by atoms with Gasteiger partial charge in [-0.1, -0.05) is 6.08 Å². The molecule has 0 aliphatic carbocycles. The second-order valence-corrected chi connectivity index (χ2v) is 3.09. The number of rotatable bonds is 2. The molecule has 58 valence electrons. The molecule has 0 radical (unpaired) electrons. The van der Waals surface area contributed by atoms with Gasteiger partial charge in [0.05, 0.1) is 4.92 Å². The van der Waals surface area contributed by atoms with Gasteiger partial charge >= 0.3 is 0 Å². The lowest BCUT2D eigenvalue weighted by molar-refractivity contribution is -0.418. The number of thioether (sulfide) groups is 1. The molecule has 4 heteroatoms. The van der Waals surface area contributed by atoms with E-state index in [4.69, 9.17) is 0 Å². The van der Waals surface area contributed by atoms with Crippen molar-refractivity contribution >= 4 is 11.8 Å². The summed E-state index contributed by atoms with van der Waals surface area (Å²) in [6.45, 7) is 3.30. The minimum Gasteiger partial charge on any atom is -0.258 e. The molecular weight excluding hydrogens is 162 g/mol. The summed E-state index contributed by atoms with van der Waals surface area (Å²) in [4.78, 5) is 10.6. The van der Waals surface area contributed by atoms with Gasteiger partial charge in [-0.15, -0.1) is 11.8 Å². The first-order chi connectivity index (χ1) is 5.20. The number of allylic oxidation sites excluding steroid dienone is 3. The third-order valence-electron chi connectivity index (χ3n) is 1.20. The van der Waals surface area contributed by atoms with Gasteiger partial charge in [-0.05, 0) is 23.3 Å². The third kappa shape index (κ3) is 2.23. The van der Waals surface area contributed by atoms with Crippen molar-refractivity contribution in [3.05, 3.63) is 44.9 Å². The number of nitro groups is 1. The minimum absolute atomic E-state index is 0.0452. The van der Waals surface area contributed by atoms with Gasteiger partial charge in [-0.25, -0.2) is 0 Å². The van der Waals surface area contributed by atoms with Crippen LogP contribution >= 0.6 is 11.8 Å². The van der Waals surface area contributed by atoms with Crippen LogP contribution < -0.4 is 0 Å². The minimum atomic E-state index is -0.480. The highest BCUT2D eigenvalue weighted by Gasteiger charge is 2.06. The summed E-state index contributed by atoms with van der Waals surface area (Å²) in [7, 11) is 0. The molecule has 0 bridgehead atoms. The van der Waals surface area contributed by atoms with Crippen molar-refractivity contribution in [2.75, 3.05) is 0 Å². The Morgan fingerprint density at radius 2 is 2.64 bits per heavy atom. The molecule has 0 aromatic heterocycles. The van der Waals surface area contributed by atoms with Crippen LogP contribution in [0.25, 0.3) is 0 Å². The zero-order chi connectivity index (χ0) is 8.27. The Kier molecular flexibility index (Phi) is 2.48. The molecule has 0 atom stereocenters. The Labute approximate surface area is 68.6 Å². The van der Waals surface area contributed by atoms with Crippen LogP contribution in [0, 0.1) is 10.1 Å². The zero-order valence-corrected chi connectivity index (χ0v) is 6.63. The lowest BCUT2D eigenvalue weighted by Crippen LogP contribution is -1.93. The van der Waals surface area contributed by atoms with E-state index in [0.29, 0.717) is 0 Å². The average molecular weight is 169 g/mol. The van der Waals surface area contributed by atoms with E-state index in [1.807, 2.05) is 11.5 Å². The molecule has 0 fully saturated rings. The fraction of sp³-hybridized carbons (Fsp3) is 0.143. The highest BCUT2D eigenvalue weighted by molar-refractivity contribution is 8.06. The lowest BCUT2D eigenvalue weighted by atomic mass is 10.3. The van der Waals surface area contributed by atoms with Crippen LogP contribution in [0.2, 0.25) is 0 Å². The first-order valence-electron chi connectivity index (χ1n) is 3.05. The molecule has 0 N–H and O–H groups in total. The van der Waals surface area contributed by atoms with Gasteiger partial charge in [-0.3, -0.25) is 10.1 Å². The summed E-state index contributed by atoms with van der Waals surface area (Å²) >= 11 is 1.50. The van der Waals surface area contributed by atoms with Crippen LogP contribution in [0.3, 0.4) is 0 Å². The molecule has 0 aromatic carbocycles. The normalized spacial score (nSPS) is 19.1. The van der Waals surface area contributed by atoms with Crippen LogP contribution in [0.15, 0.2) is 34.7 Å².